The van der Waals surface area contributed by atoms with Crippen molar-refractivity contribution in [3.05, 3.63) is 60.4 Å². The molecule has 4 rings (SSSR count). The van der Waals surface area contributed by atoms with E-state index in [1.165, 1.54) is 15.9 Å². The van der Waals surface area contributed by atoms with Gasteiger partial charge in [0.2, 0.25) is 5.91 Å². The third-order valence-corrected chi connectivity index (χ3v) is 6.47. The molecule has 0 fully saturated rings. The summed E-state index contributed by atoms with van der Waals surface area (Å²) >= 11 is 0. The van der Waals surface area contributed by atoms with Crippen LogP contribution in [0.3, 0.4) is 0 Å². The van der Waals surface area contributed by atoms with Crippen LogP contribution in [0, 0.1) is 5.92 Å². The van der Waals surface area contributed by atoms with E-state index in [-0.39, 0.29) is 49.0 Å². The molecule has 0 aliphatic carbocycles. The molecule has 4 amide bonds. The number of urea groups is 1. The minimum Gasteiger partial charge on any atom is -0.487 e. The SMILES string of the molecule is C[C@@H]1CN([C@@H](C)CO)C(=O)c2cc(NC(=O)Cn3cnnn3)ccc2O[C@H]1CN(C)C(=O)Nc1ccccc1. The van der Waals surface area contributed by atoms with Crippen molar-refractivity contribution >= 4 is 29.2 Å². The maximum absolute atomic E-state index is 13.6. The first-order valence-electron chi connectivity index (χ1n) is 12.6. The lowest BCUT2D eigenvalue weighted by molar-refractivity contribution is -0.116. The summed E-state index contributed by atoms with van der Waals surface area (Å²) in [6.07, 6.45) is 0.862. The molecule has 0 saturated carbocycles. The average Bonchev–Trinajstić information content (AvgIpc) is 3.43. The molecular weight excluding hydrogens is 504 g/mol. The predicted octanol–water partition coefficient (Wildman–Crippen LogP) is 1.70. The fraction of sp³-hybridized carbons (Fsp3) is 0.385. The lowest BCUT2D eigenvalue weighted by Crippen LogP contribution is -2.50. The quantitative estimate of drug-likeness (QED) is 0.393. The number of tetrazole rings is 1. The minimum absolute atomic E-state index is 0.0980. The summed E-state index contributed by atoms with van der Waals surface area (Å²) in [7, 11) is 1.68. The van der Waals surface area contributed by atoms with Crippen LogP contribution in [0.1, 0.15) is 24.2 Å². The van der Waals surface area contributed by atoms with Crippen molar-refractivity contribution in [2.45, 2.75) is 32.5 Å². The van der Waals surface area contributed by atoms with Gasteiger partial charge in [-0.05, 0) is 47.7 Å². The van der Waals surface area contributed by atoms with Gasteiger partial charge in [-0.25, -0.2) is 9.48 Å². The van der Waals surface area contributed by atoms with Gasteiger partial charge >= 0.3 is 6.03 Å². The highest BCUT2D eigenvalue weighted by Gasteiger charge is 2.34. The number of aliphatic hydroxyl groups is 1. The second-order valence-corrected chi connectivity index (χ2v) is 9.57. The van der Waals surface area contributed by atoms with Crippen molar-refractivity contribution < 1.29 is 24.2 Å². The summed E-state index contributed by atoms with van der Waals surface area (Å²) in [5.74, 6) is -0.552. The molecule has 1 aliphatic rings. The number of amides is 4. The zero-order chi connectivity index (χ0) is 27.9. The zero-order valence-electron chi connectivity index (χ0n) is 22.0. The van der Waals surface area contributed by atoms with Crippen LogP contribution in [-0.2, 0) is 11.3 Å². The number of nitrogens with zero attached hydrogens (tertiary/aromatic N) is 6. The number of hydrogen-bond acceptors (Lipinski definition) is 8. The molecule has 0 saturated heterocycles. The maximum Gasteiger partial charge on any atom is 0.321 e. The maximum atomic E-state index is 13.6. The monoisotopic (exact) mass is 536 g/mol. The number of fused-ring (bicyclic) bond motifs is 1. The molecule has 0 spiro atoms. The lowest BCUT2D eigenvalue weighted by atomic mass is 9.99. The number of aromatic nitrogens is 4. The molecule has 3 aromatic rings. The van der Waals surface area contributed by atoms with Gasteiger partial charge in [-0.3, -0.25) is 9.59 Å². The van der Waals surface area contributed by atoms with Gasteiger partial charge in [0, 0.05) is 30.9 Å². The molecule has 13 heteroatoms. The van der Waals surface area contributed by atoms with Gasteiger partial charge in [-0.2, -0.15) is 0 Å². The van der Waals surface area contributed by atoms with Gasteiger partial charge in [0.05, 0.1) is 24.8 Å². The van der Waals surface area contributed by atoms with Crippen molar-refractivity contribution in [2.75, 3.05) is 37.4 Å². The fourth-order valence-electron chi connectivity index (χ4n) is 4.21. The number of nitrogens with one attached hydrogen (secondary N) is 2. The van der Waals surface area contributed by atoms with Gasteiger partial charge in [0.1, 0.15) is 24.7 Å². The molecule has 2 aromatic carbocycles. The van der Waals surface area contributed by atoms with E-state index >= 15 is 0 Å². The number of carbonyl (C=O) groups is 3. The fourth-order valence-corrected chi connectivity index (χ4v) is 4.21. The highest BCUT2D eigenvalue weighted by atomic mass is 16.5. The van der Waals surface area contributed by atoms with Crippen molar-refractivity contribution in [2.24, 2.45) is 5.92 Å². The summed E-state index contributed by atoms with van der Waals surface area (Å²) in [5, 5.41) is 26.1. The van der Waals surface area contributed by atoms with Crippen LogP contribution in [0.4, 0.5) is 16.2 Å². The predicted molar refractivity (Wildman–Crippen MR) is 142 cm³/mol. The Morgan fingerprint density at radius 2 is 1.95 bits per heavy atom. The van der Waals surface area contributed by atoms with Crippen molar-refractivity contribution in [3.63, 3.8) is 0 Å². The van der Waals surface area contributed by atoms with E-state index in [2.05, 4.69) is 26.2 Å². The van der Waals surface area contributed by atoms with E-state index in [9.17, 15) is 19.5 Å². The first-order valence-corrected chi connectivity index (χ1v) is 12.6. The smallest absolute Gasteiger partial charge is 0.321 e. The summed E-state index contributed by atoms with van der Waals surface area (Å²) in [6.45, 7) is 3.93. The highest BCUT2D eigenvalue weighted by molar-refractivity contribution is 6.00. The van der Waals surface area contributed by atoms with Gasteiger partial charge in [-0.1, -0.05) is 25.1 Å². The molecular formula is C26H32N8O5. The molecule has 1 aromatic heterocycles. The van der Waals surface area contributed by atoms with E-state index in [1.54, 1.807) is 49.2 Å². The van der Waals surface area contributed by atoms with E-state index in [0.717, 1.165) is 0 Å². The van der Waals surface area contributed by atoms with Gasteiger partial charge in [0.15, 0.2) is 0 Å². The normalized spacial score (nSPS) is 17.7. The summed E-state index contributed by atoms with van der Waals surface area (Å²) in [4.78, 5) is 42.0. The number of rotatable bonds is 8. The van der Waals surface area contributed by atoms with Crippen LogP contribution >= 0.6 is 0 Å². The van der Waals surface area contributed by atoms with Crippen LogP contribution in [-0.4, -0.2) is 91.8 Å². The number of para-hydroxylation sites is 1. The standard InChI is InChI=1S/C26H32N8O5/c1-17-12-34(18(2)15-35)25(37)21-11-20(28-24(36)14-33-16-27-30-31-33)9-10-22(21)39-23(17)13-32(3)26(38)29-19-7-5-4-6-8-19/h4-11,16-18,23,35H,12-15H2,1-3H3,(H,28,36)(H,29,38)/t17-,18+,23+/m1/s1. The van der Waals surface area contributed by atoms with Crippen LogP contribution in [0.2, 0.25) is 0 Å². The topological polar surface area (TPSA) is 155 Å². The van der Waals surface area contributed by atoms with E-state index in [1.807, 2.05) is 25.1 Å². The number of anilines is 2. The summed E-state index contributed by atoms with van der Waals surface area (Å²) in [5.41, 5.74) is 1.31. The molecule has 3 atom stereocenters. The molecule has 1 aliphatic heterocycles. The molecule has 206 valence electrons. The molecule has 3 N–H and O–H groups in total. The highest BCUT2D eigenvalue weighted by Crippen LogP contribution is 2.30. The molecule has 39 heavy (non-hydrogen) atoms. The second-order valence-electron chi connectivity index (χ2n) is 9.57. The van der Waals surface area contributed by atoms with Crippen molar-refractivity contribution in [1.29, 1.82) is 0 Å². The first-order chi connectivity index (χ1) is 18.7. The van der Waals surface area contributed by atoms with E-state index in [4.69, 9.17) is 4.74 Å². The number of aliphatic hydroxyl groups excluding tert-OH is 1. The van der Waals surface area contributed by atoms with Gasteiger partial charge in [0.25, 0.3) is 5.91 Å². The minimum atomic E-state index is -0.461. The van der Waals surface area contributed by atoms with Crippen LogP contribution in [0.25, 0.3) is 0 Å². The number of benzene rings is 2. The average molecular weight is 537 g/mol. The third-order valence-electron chi connectivity index (χ3n) is 6.47. The van der Waals surface area contributed by atoms with Crippen LogP contribution in [0.5, 0.6) is 5.75 Å². The summed E-state index contributed by atoms with van der Waals surface area (Å²) < 4.78 is 7.60. The Kier molecular flexibility index (Phi) is 8.71. The summed E-state index contributed by atoms with van der Waals surface area (Å²) in [6, 6.07) is 13.2. The Balaban J connectivity index is 1.55. The first kappa shape index (κ1) is 27.5. The van der Waals surface area contributed by atoms with Crippen LogP contribution < -0.4 is 15.4 Å². The van der Waals surface area contributed by atoms with Crippen LogP contribution in [0.15, 0.2) is 54.9 Å². The molecule has 2 heterocycles. The number of likely N-dealkylation sites (N-methyl/N-ethyl adjacent to an activating group) is 1. The number of ether oxygens (including phenoxy) is 1. The number of carbonyl (C=O) groups excluding carboxylic acids is 3. The largest absolute Gasteiger partial charge is 0.487 e. The van der Waals surface area contributed by atoms with Crippen molar-refractivity contribution in [1.82, 2.24) is 30.0 Å². The molecule has 0 bridgehead atoms. The van der Waals surface area contributed by atoms with Crippen molar-refractivity contribution in [3.8, 4) is 5.75 Å². The van der Waals surface area contributed by atoms with Gasteiger partial charge < -0.3 is 30.3 Å². The third kappa shape index (κ3) is 6.87. The molecule has 0 radical (unpaired) electrons. The van der Waals surface area contributed by atoms with Gasteiger partial charge in [-0.15, -0.1) is 5.10 Å². The Morgan fingerprint density at radius 1 is 1.18 bits per heavy atom. The van der Waals surface area contributed by atoms with E-state index in [0.29, 0.717) is 23.7 Å². The van der Waals surface area contributed by atoms with E-state index < -0.39 is 12.1 Å². The molecule has 0 unspecified atom stereocenters. The molecule has 13 nitrogen and oxygen atoms in total. The lowest BCUT2D eigenvalue weighted by Gasteiger charge is -2.38. The Labute approximate surface area is 225 Å². The Morgan fingerprint density at radius 3 is 2.64 bits per heavy atom. The second kappa shape index (κ2) is 12.3. The zero-order valence-corrected chi connectivity index (χ0v) is 22.0. The number of hydrogen-bond donors (Lipinski definition) is 3. The Bertz CT molecular complexity index is 1290. The Hall–Kier alpha value is -4.52.